The van der Waals surface area contributed by atoms with E-state index in [4.69, 9.17) is 10.8 Å². The number of anilines is 1. The first-order valence-corrected chi connectivity index (χ1v) is 6.53. The maximum Gasteiger partial charge on any atom is 0.292 e. The van der Waals surface area contributed by atoms with Gasteiger partial charge >= 0.3 is 0 Å². The standard InChI is InChI=1S/C13H19N3O3.ClH/c14-11(5-8-17)10-3-4-12(13(9-10)16(18)19)15-6-1-2-7-15;/h3-4,9,11,17H,1-2,5-8,14H2;1H. The fraction of sp³-hybridized carbons (Fsp3) is 0.538. The van der Waals surface area contributed by atoms with Crippen molar-refractivity contribution < 1.29 is 10.0 Å². The highest BCUT2D eigenvalue weighted by molar-refractivity contribution is 5.85. The van der Waals surface area contributed by atoms with Gasteiger partial charge in [0, 0.05) is 31.8 Å². The largest absolute Gasteiger partial charge is 0.396 e. The number of nitro groups is 1. The van der Waals surface area contributed by atoms with Gasteiger partial charge in [-0.1, -0.05) is 6.07 Å². The Morgan fingerprint density at radius 1 is 1.40 bits per heavy atom. The van der Waals surface area contributed by atoms with E-state index in [-0.39, 0.29) is 35.7 Å². The summed E-state index contributed by atoms with van der Waals surface area (Å²) in [6.07, 6.45) is 2.55. The molecule has 1 aliphatic heterocycles. The van der Waals surface area contributed by atoms with Crippen LogP contribution in [0.3, 0.4) is 0 Å². The van der Waals surface area contributed by atoms with E-state index in [1.165, 1.54) is 6.07 Å². The molecule has 0 radical (unpaired) electrons. The maximum absolute atomic E-state index is 11.2. The average Bonchev–Trinajstić information content (AvgIpc) is 2.92. The summed E-state index contributed by atoms with van der Waals surface area (Å²) in [4.78, 5) is 12.9. The Kier molecular flexibility index (Phi) is 6.19. The molecule has 20 heavy (non-hydrogen) atoms. The molecule has 0 spiro atoms. The molecule has 0 aromatic heterocycles. The number of aliphatic hydroxyl groups excluding tert-OH is 1. The second kappa shape index (κ2) is 7.42. The van der Waals surface area contributed by atoms with Crippen LogP contribution in [0.1, 0.15) is 30.9 Å². The zero-order valence-electron chi connectivity index (χ0n) is 11.2. The van der Waals surface area contributed by atoms with Gasteiger partial charge in [0.2, 0.25) is 0 Å². The third-order valence-corrected chi connectivity index (χ3v) is 3.51. The van der Waals surface area contributed by atoms with Crippen LogP contribution < -0.4 is 10.6 Å². The lowest BCUT2D eigenvalue weighted by molar-refractivity contribution is -0.384. The number of rotatable bonds is 5. The van der Waals surface area contributed by atoms with Crippen LogP contribution in [0.2, 0.25) is 0 Å². The number of hydrogen-bond donors (Lipinski definition) is 2. The fourth-order valence-electron chi connectivity index (χ4n) is 2.45. The van der Waals surface area contributed by atoms with Gasteiger partial charge in [-0.25, -0.2) is 0 Å². The van der Waals surface area contributed by atoms with E-state index in [9.17, 15) is 10.1 Å². The highest BCUT2D eigenvalue weighted by Crippen LogP contribution is 2.33. The number of benzene rings is 1. The van der Waals surface area contributed by atoms with Crippen LogP contribution in [0.4, 0.5) is 11.4 Å². The number of nitrogens with zero attached hydrogens (tertiary/aromatic N) is 2. The molecule has 6 nitrogen and oxygen atoms in total. The minimum atomic E-state index is -0.365. The predicted molar refractivity (Wildman–Crippen MR) is 80.4 cm³/mol. The van der Waals surface area contributed by atoms with Crippen LogP contribution in [0.25, 0.3) is 0 Å². The third kappa shape index (κ3) is 3.59. The van der Waals surface area contributed by atoms with Gasteiger partial charge in [-0.3, -0.25) is 10.1 Å². The van der Waals surface area contributed by atoms with Gasteiger partial charge in [-0.05, 0) is 30.9 Å². The third-order valence-electron chi connectivity index (χ3n) is 3.51. The molecule has 1 atom stereocenters. The van der Waals surface area contributed by atoms with E-state index in [1.54, 1.807) is 6.07 Å². The highest BCUT2D eigenvalue weighted by atomic mass is 35.5. The van der Waals surface area contributed by atoms with Crippen molar-refractivity contribution in [3.05, 3.63) is 33.9 Å². The summed E-state index contributed by atoms with van der Waals surface area (Å²) < 4.78 is 0. The van der Waals surface area contributed by atoms with Crippen molar-refractivity contribution in [1.29, 1.82) is 0 Å². The van der Waals surface area contributed by atoms with Crippen LogP contribution in [-0.4, -0.2) is 29.7 Å². The molecule has 1 unspecified atom stereocenters. The van der Waals surface area contributed by atoms with Crippen LogP contribution >= 0.6 is 12.4 Å². The van der Waals surface area contributed by atoms with E-state index in [0.717, 1.165) is 25.9 Å². The number of nitro benzene ring substituents is 1. The molecular formula is C13H20ClN3O3. The Morgan fingerprint density at radius 3 is 2.60 bits per heavy atom. The molecule has 1 aliphatic rings. The lowest BCUT2D eigenvalue weighted by Gasteiger charge is -2.19. The van der Waals surface area contributed by atoms with Crippen molar-refractivity contribution in [3.63, 3.8) is 0 Å². The van der Waals surface area contributed by atoms with E-state index in [1.807, 2.05) is 11.0 Å². The number of nitrogens with two attached hydrogens (primary N) is 1. The van der Waals surface area contributed by atoms with Crippen molar-refractivity contribution in [3.8, 4) is 0 Å². The monoisotopic (exact) mass is 301 g/mol. The van der Waals surface area contributed by atoms with Gasteiger partial charge in [-0.2, -0.15) is 0 Å². The summed E-state index contributed by atoms with van der Waals surface area (Å²) in [6, 6.07) is 4.77. The quantitative estimate of drug-likeness (QED) is 0.641. The smallest absolute Gasteiger partial charge is 0.292 e. The van der Waals surface area contributed by atoms with Crippen molar-refractivity contribution in [2.75, 3.05) is 24.6 Å². The topological polar surface area (TPSA) is 92.6 Å². The minimum Gasteiger partial charge on any atom is -0.396 e. The summed E-state index contributed by atoms with van der Waals surface area (Å²) in [5.74, 6) is 0. The van der Waals surface area contributed by atoms with Crippen molar-refractivity contribution in [2.45, 2.75) is 25.3 Å². The molecule has 1 aromatic carbocycles. The molecule has 0 amide bonds. The van der Waals surface area contributed by atoms with Crippen molar-refractivity contribution in [1.82, 2.24) is 0 Å². The predicted octanol–water partition coefficient (Wildman–Crippen LogP) is 2.00. The molecule has 1 fully saturated rings. The highest BCUT2D eigenvalue weighted by Gasteiger charge is 2.23. The van der Waals surface area contributed by atoms with Crippen LogP contribution in [0.5, 0.6) is 0 Å². The molecule has 3 N–H and O–H groups in total. The summed E-state index contributed by atoms with van der Waals surface area (Å²) in [5.41, 5.74) is 7.35. The van der Waals surface area contributed by atoms with Gasteiger partial charge in [0.25, 0.3) is 5.69 Å². The molecule has 0 saturated carbocycles. The SMILES string of the molecule is Cl.NC(CCO)c1ccc(N2CCCC2)c([N+](=O)[O-])c1. The lowest BCUT2D eigenvalue weighted by Crippen LogP contribution is -2.19. The minimum absolute atomic E-state index is 0. The van der Waals surface area contributed by atoms with Crippen LogP contribution in [-0.2, 0) is 0 Å². The molecule has 0 aliphatic carbocycles. The first-order valence-electron chi connectivity index (χ1n) is 6.53. The summed E-state index contributed by atoms with van der Waals surface area (Å²) in [7, 11) is 0. The first kappa shape index (κ1) is 16.7. The number of halogens is 1. The Balaban J connectivity index is 0.00000200. The summed E-state index contributed by atoms with van der Waals surface area (Å²) in [6.45, 7) is 1.70. The van der Waals surface area contributed by atoms with Crippen LogP contribution in [0.15, 0.2) is 18.2 Å². The second-order valence-corrected chi connectivity index (χ2v) is 4.82. The maximum atomic E-state index is 11.2. The van der Waals surface area contributed by atoms with E-state index < -0.39 is 0 Å². The van der Waals surface area contributed by atoms with E-state index in [2.05, 4.69) is 0 Å². The lowest BCUT2D eigenvalue weighted by atomic mass is 10.0. The van der Waals surface area contributed by atoms with Gasteiger partial charge in [0.05, 0.1) is 4.92 Å². The van der Waals surface area contributed by atoms with Gasteiger partial charge < -0.3 is 15.7 Å². The Morgan fingerprint density at radius 2 is 2.05 bits per heavy atom. The average molecular weight is 302 g/mol. The zero-order chi connectivity index (χ0) is 13.8. The Hall–Kier alpha value is -1.37. The molecule has 1 heterocycles. The summed E-state index contributed by atoms with van der Waals surface area (Å²) in [5, 5.41) is 20.1. The van der Waals surface area contributed by atoms with Gasteiger partial charge in [-0.15, -0.1) is 12.4 Å². The summed E-state index contributed by atoms with van der Waals surface area (Å²) >= 11 is 0. The molecule has 1 saturated heterocycles. The van der Waals surface area contributed by atoms with Crippen molar-refractivity contribution >= 4 is 23.8 Å². The zero-order valence-corrected chi connectivity index (χ0v) is 12.0. The number of aliphatic hydroxyl groups is 1. The molecular weight excluding hydrogens is 282 g/mol. The van der Waals surface area contributed by atoms with Gasteiger partial charge in [0.15, 0.2) is 0 Å². The second-order valence-electron chi connectivity index (χ2n) is 4.82. The molecule has 2 rings (SSSR count). The molecule has 112 valence electrons. The van der Waals surface area contributed by atoms with Crippen molar-refractivity contribution in [2.24, 2.45) is 5.73 Å². The van der Waals surface area contributed by atoms with E-state index >= 15 is 0 Å². The fourth-order valence-corrected chi connectivity index (χ4v) is 2.45. The number of hydrogen-bond acceptors (Lipinski definition) is 5. The molecule has 0 bridgehead atoms. The molecule has 7 heteroatoms. The van der Waals surface area contributed by atoms with E-state index in [0.29, 0.717) is 17.7 Å². The Bertz CT molecular complexity index is 464. The van der Waals surface area contributed by atoms with Gasteiger partial charge in [0.1, 0.15) is 5.69 Å². The van der Waals surface area contributed by atoms with Crippen LogP contribution in [0, 0.1) is 10.1 Å². The normalized spacial score (nSPS) is 15.8. The first-order chi connectivity index (χ1) is 9.13. The molecule has 1 aromatic rings. The Labute approximate surface area is 124 Å².